The third-order valence-electron chi connectivity index (χ3n) is 5.17. The Hall–Kier alpha value is -2.67. The number of hydrogen-bond acceptors (Lipinski definition) is 6. The highest BCUT2D eigenvalue weighted by atomic mass is 16.6. The lowest BCUT2D eigenvalue weighted by molar-refractivity contribution is -0.174. The first-order chi connectivity index (χ1) is 13.9. The average Bonchev–Trinajstić information content (AvgIpc) is 2.70. The van der Waals surface area contributed by atoms with Gasteiger partial charge in [-0.2, -0.15) is 0 Å². The number of aldehydes is 1. The van der Waals surface area contributed by atoms with Crippen molar-refractivity contribution in [2.75, 3.05) is 7.11 Å². The van der Waals surface area contributed by atoms with E-state index in [2.05, 4.69) is 0 Å². The number of para-hydroxylation sites is 1. The minimum absolute atomic E-state index is 0.123. The Morgan fingerprint density at radius 3 is 2.55 bits per heavy atom. The minimum Gasteiger partial charge on any atom is -0.508 e. The first kappa shape index (κ1) is 21.0. The summed E-state index contributed by atoms with van der Waals surface area (Å²) in [5.41, 5.74) is 2.66. The number of benzene rings is 2. The van der Waals surface area contributed by atoms with Crippen LogP contribution in [0.5, 0.6) is 11.5 Å². The number of methoxy groups -OCH3 is 1. The predicted molar refractivity (Wildman–Crippen MR) is 109 cm³/mol. The Morgan fingerprint density at radius 1 is 1.21 bits per heavy atom. The van der Waals surface area contributed by atoms with E-state index in [1.807, 2.05) is 32.0 Å². The van der Waals surface area contributed by atoms with Crippen LogP contribution < -0.4 is 4.74 Å². The van der Waals surface area contributed by atoms with Gasteiger partial charge in [-0.1, -0.05) is 30.3 Å². The smallest absolute Gasteiger partial charge is 0.153 e. The Bertz CT molecular complexity index is 861. The van der Waals surface area contributed by atoms with E-state index in [-0.39, 0.29) is 24.1 Å². The van der Waals surface area contributed by atoms with E-state index in [0.29, 0.717) is 29.6 Å². The van der Waals surface area contributed by atoms with Gasteiger partial charge < -0.3 is 24.4 Å². The summed E-state index contributed by atoms with van der Waals surface area (Å²) in [6.45, 7) is 3.78. The van der Waals surface area contributed by atoms with Crippen molar-refractivity contribution < 1.29 is 29.2 Å². The predicted octanol–water partition coefficient (Wildman–Crippen LogP) is 3.55. The first-order valence-electron chi connectivity index (χ1n) is 9.51. The number of hydrogen-bond donors (Lipinski definition) is 2. The fourth-order valence-corrected chi connectivity index (χ4v) is 3.64. The summed E-state index contributed by atoms with van der Waals surface area (Å²) in [5.74, 6) is 0.712. The highest BCUT2D eigenvalue weighted by Gasteiger charge is 2.37. The molecular weight excluding hydrogens is 372 g/mol. The Morgan fingerprint density at radius 2 is 1.93 bits per heavy atom. The van der Waals surface area contributed by atoms with Crippen LogP contribution in [0.4, 0.5) is 0 Å². The van der Waals surface area contributed by atoms with E-state index in [1.54, 1.807) is 19.2 Å². The minimum atomic E-state index is -0.653. The molecule has 2 aromatic rings. The molecule has 0 radical (unpaired) electrons. The SMILES string of the molecule is COC1C(O)CC(c2cccc(C)c2O/C=C(\C=O)c2ccc(O)cc2)OC1C. The fourth-order valence-electron chi connectivity index (χ4n) is 3.64. The van der Waals surface area contributed by atoms with Gasteiger partial charge in [-0.25, -0.2) is 0 Å². The van der Waals surface area contributed by atoms with Crippen molar-refractivity contribution in [2.45, 2.75) is 44.7 Å². The fraction of sp³-hybridized carbons (Fsp3) is 0.348. The van der Waals surface area contributed by atoms with Gasteiger partial charge in [0.05, 0.1) is 23.9 Å². The number of aliphatic hydroxyl groups excluding tert-OH is 1. The van der Waals surface area contributed by atoms with Gasteiger partial charge in [-0.3, -0.25) is 4.79 Å². The van der Waals surface area contributed by atoms with E-state index in [1.165, 1.54) is 18.4 Å². The topological polar surface area (TPSA) is 85.2 Å². The molecule has 4 unspecified atom stereocenters. The Labute approximate surface area is 170 Å². The maximum Gasteiger partial charge on any atom is 0.153 e. The zero-order chi connectivity index (χ0) is 21.0. The van der Waals surface area contributed by atoms with Crippen molar-refractivity contribution in [1.82, 2.24) is 0 Å². The molecule has 0 bridgehead atoms. The maximum atomic E-state index is 11.6. The molecular formula is C23H26O6. The van der Waals surface area contributed by atoms with Gasteiger partial charge in [0.2, 0.25) is 0 Å². The molecule has 1 saturated heterocycles. The number of carbonyl (C=O) groups excluding carboxylic acids is 1. The number of allylic oxidation sites excluding steroid dienone is 1. The van der Waals surface area contributed by atoms with Gasteiger partial charge in [0, 0.05) is 19.1 Å². The molecule has 1 fully saturated rings. The van der Waals surface area contributed by atoms with Crippen molar-refractivity contribution in [2.24, 2.45) is 0 Å². The number of aryl methyl sites for hydroxylation is 1. The van der Waals surface area contributed by atoms with Crippen LogP contribution in [-0.4, -0.2) is 41.9 Å². The summed E-state index contributed by atoms with van der Waals surface area (Å²) in [4.78, 5) is 11.6. The van der Waals surface area contributed by atoms with Crippen LogP contribution in [-0.2, 0) is 14.3 Å². The molecule has 29 heavy (non-hydrogen) atoms. The summed E-state index contributed by atoms with van der Waals surface area (Å²) < 4.78 is 17.4. The van der Waals surface area contributed by atoms with Gasteiger partial charge in [-0.15, -0.1) is 0 Å². The lowest BCUT2D eigenvalue weighted by Gasteiger charge is -2.38. The van der Waals surface area contributed by atoms with Crippen LogP contribution in [0, 0.1) is 6.92 Å². The monoisotopic (exact) mass is 398 g/mol. The summed E-state index contributed by atoms with van der Waals surface area (Å²) in [5, 5.41) is 19.9. The van der Waals surface area contributed by atoms with Crippen LogP contribution in [0.1, 0.15) is 36.1 Å². The van der Waals surface area contributed by atoms with Crippen molar-refractivity contribution in [3.63, 3.8) is 0 Å². The normalized spacial score (nSPS) is 24.9. The lowest BCUT2D eigenvalue weighted by atomic mass is 9.93. The summed E-state index contributed by atoms with van der Waals surface area (Å²) in [6, 6.07) is 12.0. The van der Waals surface area contributed by atoms with Crippen molar-refractivity contribution in [3.8, 4) is 11.5 Å². The summed E-state index contributed by atoms with van der Waals surface area (Å²) in [6.07, 6.45) is 0.813. The van der Waals surface area contributed by atoms with E-state index in [4.69, 9.17) is 14.2 Å². The largest absolute Gasteiger partial charge is 0.508 e. The average molecular weight is 398 g/mol. The zero-order valence-corrected chi connectivity index (χ0v) is 16.7. The molecule has 0 amide bonds. The molecule has 6 nitrogen and oxygen atoms in total. The summed E-state index contributed by atoms with van der Waals surface area (Å²) in [7, 11) is 1.56. The lowest BCUT2D eigenvalue weighted by Crippen LogP contribution is -2.45. The van der Waals surface area contributed by atoms with Crippen molar-refractivity contribution >= 4 is 11.9 Å². The molecule has 4 atom stereocenters. The van der Waals surface area contributed by atoms with E-state index >= 15 is 0 Å². The molecule has 0 spiro atoms. The zero-order valence-electron chi connectivity index (χ0n) is 16.7. The molecule has 0 saturated carbocycles. The molecule has 0 aromatic heterocycles. The third-order valence-corrected chi connectivity index (χ3v) is 5.17. The molecule has 0 aliphatic carbocycles. The van der Waals surface area contributed by atoms with Crippen LogP contribution in [0.15, 0.2) is 48.7 Å². The molecule has 2 N–H and O–H groups in total. The number of ether oxygens (including phenoxy) is 3. The van der Waals surface area contributed by atoms with Crippen LogP contribution in [0.25, 0.3) is 5.57 Å². The number of rotatable bonds is 6. The molecule has 1 aliphatic rings. The van der Waals surface area contributed by atoms with Gasteiger partial charge in [0.25, 0.3) is 0 Å². The van der Waals surface area contributed by atoms with E-state index in [0.717, 1.165) is 11.1 Å². The highest BCUT2D eigenvalue weighted by Crippen LogP contribution is 2.39. The van der Waals surface area contributed by atoms with Crippen molar-refractivity contribution in [1.29, 1.82) is 0 Å². The number of carbonyl (C=O) groups is 1. The standard InChI is InChI=1S/C23H26O6/c1-14-5-4-6-19(21-11-20(26)23(27-3)15(2)29-21)22(14)28-13-17(12-24)16-7-9-18(25)10-8-16/h4-10,12-13,15,20-21,23,25-26H,11H2,1-3H3/b17-13+. The first-order valence-corrected chi connectivity index (χ1v) is 9.51. The maximum absolute atomic E-state index is 11.6. The molecule has 3 rings (SSSR count). The second-order valence-electron chi connectivity index (χ2n) is 7.18. The Kier molecular flexibility index (Phi) is 6.69. The second kappa shape index (κ2) is 9.22. The van der Waals surface area contributed by atoms with Gasteiger partial charge in [0.15, 0.2) is 6.29 Å². The van der Waals surface area contributed by atoms with Gasteiger partial charge in [0.1, 0.15) is 23.9 Å². The quantitative estimate of drug-likeness (QED) is 0.440. The van der Waals surface area contributed by atoms with Crippen LogP contribution in [0.3, 0.4) is 0 Å². The second-order valence-corrected chi connectivity index (χ2v) is 7.18. The number of phenols is 1. The van der Waals surface area contributed by atoms with Gasteiger partial charge in [-0.05, 0) is 37.1 Å². The molecule has 1 aliphatic heterocycles. The Balaban J connectivity index is 1.89. The molecule has 6 heteroatoms. The van der Waals surface area contributed by atoms with E-state index in [9.17, 15) is 15.0 Å². The molecule has 2 aromatic carbocycles. The number of aliphatic hydroxyl groups is 1. The summed E-state index contributed by atoms with van der Waals surface area (Å²) >= 11 is 0. The molecule has 1 heterocycles. The van der Waals surface area contributed by atoms with Crippen LogP contribution in [0.2, 0.25) is 0 Å². The van der Waals surface area contributed by atoms with Crippen LogP contribution >= 0.6 is 0 Å². The highest BCUT2D eigenvalue weighted by molar-refractivity contribution is 6.06. The van der Waals surface area contributed by atoms with Crippen molar-refractivity contribution in [3.05, 3.63) is 65.4 Å². The van der Waals surface area contributed by atoms with E-state index < -0.39 is 6.10 Å². The van der Waals surface area contributed by atoms with Gasteiger partial charge >= 0.3 is 0 Å². The number of aromatic hydroxyl groups is 1. The number of phenolic OH excluding ortho intramolecular Hbond substituents is 1. The molecule has 154 valence electrons. The third kappa shape index (κ3) is 4.67.